The average molecular weight is 477 g/mol. The number of nitrogens with one attached hydrogen (secondary N) is 1. The predicted octanol–water partition coefficient (Wildman–Crippen LogP) is 4.12. The summed E-state index contributed by atoms with van der Waals surface area (Å²) < 4.78 is 21.7. The third-order valence-electron chi connectivity index (χ3n) is 5.66. The SMILES string of the molecule is C=C/C=C(/c1ccc(N)cc1F)n1nc(C(=O)Nc2ccc(N3CCOCC3)cn2)cc1CCC. The molecule has 0 spiro atoms. The number of ether oxygens (including phenoxy) is 1. The van der Waals surface area contributed by atoms with Gasteiger partial charge in [0.25, 0.3) is 5.91 Å². The fourth-order valence-corrected chi connectivity index (χ4v) is 3.95. The second-order valence-electron chi connectivity index (χ2n) is 8.16. The molecule has 182 valence electrons. The van der Waals surface area contributed by atoms with Crippen molar-refractivity contribution in [3.05, 3.63) is 84.1 Å². The number of carbonyl (C=O) groups excluding carboxylic acids is 1. The van der Waals surface area contributed by atoms with Crippen molar-refractivity contribution in [1.29, 1.82) is 0 Å². The Labute approximate surface area is 203 Å². The number of aromatic nitrogens is 3. The van der Waals surface area contributed by atoms with Gasteiger partial charge in [-0.25, -0.2) is 14.1 Å². The van der Waals surface area contributed by atoms with Gasteiger partial charge in [0, 0.05) is 30.0 Å². The van der Waals surface area contributed by atoms with E-state index in [4.69, 9.17) is 10.5 Å². The molecule has 3 aromatic rings. The number of hydrogen-bond acceptors (Lipinski definition) is 6. The van der Waals surface area contributed by atoms with Crippen LogP contribution in [-0.2, 0) is 11.2 Å². The zero-order valence-electron chi connectivity index (χ0n) is 19.7. The average Bonchev–Trinajstić information content (AvgIpc) is 3.28. The zero-order chi connectivity index (χ0) is 24.8. The summed E-state index contributed by atoms with van der Waals surface area (Å²) >= 11 is 0. The molecular weight excluding hydrogens is 447 g/mol. The van der Waals surface area contributed by atoms with Gasteiger partial charge >= 0.3 is 0 Å². The minimum Gasteiger partial charge on any atom is -0.399 e. The van der Waals surface area contributed by atoms with Crippen molar-refractivity contribution in [2.24, 2.45) is 0 Å². The predicted molar refractivity (Wildman–Crippen MR) is 136 cm³/mol. The van der Waals surface area contributed by atoms with Crippen molar-refractivity contribution in [1.82, 2.24) is 14.8 Å². The maximum Gasteiger partial charge on any atom is 0.277 e. The third kappa shape index (κ3) is 5.58. The lowest BCUT2D eigenvalue weighted by Gasteiger charge is -2.28. The lowest BCUT2D eigenvalue weighted by Crippen LogP contribution is -2.36. The molecule has 1 saturated heterocycles. The fraction of sp³-hybridized carbons (Fsp3) is 0.269. The summed E-state index contributed by atoms with van der Waals surface area (Å²) in [5, 5.41) is 7.32. The van der Waals surface area contributed by atoms with E-state index >= 15 is 0 Å². The van der Waals surface area contributed by atoms with Crippen LogP contribution in [0.3, 0.4) is 0 Å². The molecule has 0 bridgehead atoms. The summed E-state index contributed by atoms with van der Waals surface area (Å²) in [7, 11) is 0. The van der Waals surface area contributed by atoms with Gasteiger partial charge in [0.1, 0.15) is 11.6 Å². The van der Waals surface area contributed by atoms with Gasteiger partial charge in [0.2, 0.25) is 0 Å². The number of hydrogen-bond donors (Lipinski definition) is 2. The number of benzene rings is 1. The number of nitrogens with two attached hydrogens (primary N) is 1. The number of halogens is 1. The topological polar surface area (TPSA) is 98.3 Å². The molecule has 3 N–H and O–H groups in total. The number of aryl methyl sites for hydroxylation is 1. The highest BCUT2D eigenvalue weighted by molar-refractivity contribution is 6.02. The van der Waals surface area contributed by atoms with Crippen LogP contribution in [0.1, 0.15) is 35.1 Å². The van der Waals surface area contributed by atoms with E-state index in [1.807, 2.05) is 13.0 Å². The summed E-state index contributed by atoms with van der Waals surface area (Å²) in [6, 6.07) is 9.88. The first-order valence-corrected chi connectivity index (χ1v) is 11.6. The Morgan fingerprint density at radius 3 is 2.71 bits per heavy atom. The normalized spacial score (nSPS) is 14.1. The second-order valence-corrected chi connectivity index (χ2v) is 8.16. The Bertz CT molecular complexity index is 1230. The van der Waals surface area contributed by atoms with E-state index in [1.165, 1.54) is 6.07 Å². The van der Waals surface area contributed by atoms with Crippen molar-refractivity contribution in [2.45, 2.75) is 19.8 Å². The highest BCUT2D eigenvalue weighted by Crippen LogP contribution is 2.25. The summed E-state index contributed by atoms with van der Waals surface area (Å²) in [4.78, 5) is 19.6. The standard InChI is InChI=1S/C26H29FN6O2/c1-3-5-19-16-23(31-33(19)24(6-4-2)21-9-7-18(28)15-22(21)27)26(34)30-25-10-8-20(17-29-25)32-11-13-35-14-12-32/h4,6-10,15-17H,2-3,5,11-14,28H2,1H3,(H,29,30,34)/b24-6-. The molecule has 0 aliphatic carbocycles. The number of carbonyl (C=O) groups is 1. The molecule has 3 heterocycles. The lowest BCUT2D eigenvalue weighted by molar-refractivity contribution is 0.102. The summed E-state index contributed by atoms with van der Waals surface area (Å²) in [5.74, 6) is -0.458. The lowest BCUT2D eigenvalue weighted by atomic mass is 10.1. The van der Waals surface area contributed by atoms with Crippen molar-refractivity contribution < 1.29 is 13.9 Å². The molecule has 9 heteroatoms. The molecule has 1 aliphatic rings. The van der Waals surface area contributed by atoms with Gasteiger partial charge in [-0.05, 0) is 48.9 Å². The Hall–Kier alpha value is -3.98. The number of nitrogen functional groups attached to an aromatic ring is 1. The fourth-order valence-electron chi connectivity index (χ4n) is 3.95. The first-order valence-electron chi connectivity index (χ1n) is 11.6. The minimum absolute atomic E-state index is 0.207. The van der Waals surface area contributed by atoms with Gasteiger partial charge in [-0.1, -0.05) is 26.0 Å². The van der Waals surface area contributed by atoms with E-state index in [2.05, 4.69) is 26.9 Å². The molecule has 1 aliphatic heterocycles. The number of pyridine rings is 1. The van der Waals surface area contributed by atoms with E-state index < -0.39 is 11.7 Å². The number of anilines is 3. The molecule has 0 atom stereocenters. The van der Waals surface area contributed by atoms with Crippen LogP contribution in [0.25, 0.3) is 5.70 Å². The number of rotatable bonds is 8. The Morgan fingerprint density at radius 1 is 1.26 bits per heavy atom. The summed E-state index contributed by atoms with van der Waals surface area (Å²) in [5.41, 5.74) is 8.78. The molecule has 8 nitrogen and oxygen atoms in total. The van der Waals surface area contributed by atoms with E-state index in [9.17, 15) is 9.18 Å². The van der Waals surface area contributed by atoms with Gasteiger partial charge in [-0.3, -0.25) is 4.79 Å². The maximum absolute atomic E-state index is 14.8. The molecule has 1 fully saturated rings. The molecule has 2 aromatic heterocycles. The second kappa shape index (κ2) is 11.0. The Morgan fingerprint density at radius 2 is 2.06 bits per heavy atom. The van der Waals surface area contributed by atoms with Crippen LogP contribution in [0.15, 0.2) is 61.3 Å². The van der Waals surface area contributed by atoms with Crippen LogP contribution >= 0.6 is 0 Å². The van der Waals surface area contributed by atoms with E-state index in [1.54, 1.807) is 47.3 Å². The van der Waals surface area contributed by atoms with Crippen LogP contribution < -0.4 is 16.0 Å². The van der Waals surface area contributed by atoms with Crippen LogP contribution in [-0.4, -0.2) is 47.0 Å². The quantitative estimate of drug-likeness (QED) is 0.375. The van der Waals surface area contributed by atoms with Gasteiger partial charge in [0.15, 0.2) is 5.69 Å². The zero-order valence-corrected chi connectivity index (χ0v) is 19.7. The van der Waals surface area contributed by atoms with Crippen LogP contribution in [0, 0.1) is 5.82 Å². The number of morpholine rings is 1. The number of nitrogens with zero attached hydrogens (tertiary/aromatic N) is 4. The largest absolute Gasteiger partial charge is 0.399 e. The van der Waals surface area contributed by atoms with Crippen molar-refractivity contribution in [2.75, 3.05) is 42.3 Å². The molecule has 0 saturated carbocycles. The smallest absolute Gasteiger partial charge is 0.277 e. The Kier molecular flexibility index (Phi) is 7.57. The van der Waals surface area contributed by atoms with Crippen LogP contribution in [0.2, 0.25) is 0 Å². The van der Waals surface area contributed by atoms with Gasteiger partial charge in [0.05, 0.1) is 30.8 Å². The molecule has 4 rings (SSSR count). The first-order chi connectivity index (χ1) is 17.0. The van der Waals surface area contributed by atoms with E-state index in [-0.39, 0.29) is 5.69 Å². The molecule has 1 aromatic carbocycles. The highest BCUT2D eigenvalue weighted by Gasteiger charge is 2.20. The minimum atomic E-state index is -0.480. The molecular formula is C26H29FN6O2. The number of allylic oxidation sites excluding steroid dienone is 2. The molecule has 0 unspecified atom stereocenters. The number of amides is 1. The molecule has 0 radical (unpaired) electrons. The third-order valence-corrected chi connectivity index (χ3v) is 5.66. The van der Waals surface area contributed by atoms with Crippen LogP contribution in [0.4, 0.5) is 21.6 Å². The first kappa shape index (κ1) is 24.2. The van der Waals surface area contributed by atoms with E-state index in [0.717, 1.165) is 30.9 Å². The Balaban J connectivity index is 1.59. The van der Waals surface area contributed by atoms with Gasteiger partial charge < -0.3 is 20.7 Å². The van der Waals surface area contributed by atoms with Gasteiger partial charge in [-0.15, -0.1) is 0 Å². The maximum atomic E-state index is 14.8. The highest BCUT2D eigenvalue weighted by atomic mass is 19.1. The monoisotopic (exact) mass is 476 g/mol. The summed E-state index contributed by atoms with van der Waals surface area (Å²) in [6.07, 6.45) is 6.42. The van der Waals surface area contributed by atoms with Crippen molar-refractivity contribution in [3.8, 4) is 0 Å². The molecule has 1 amide bonds. The van der Waals surface area contributed by atoms with E-state index in [0.29, 0.717) is 42.4 Å². The van der Waals surface area contributed by atoms with Gasteiger partial charge in [-0.2, -0.15) is 5.10 Å². The van der Waals surface area contributed by atoms with Crippen molar-refractivity contribution in [3.63, 3.8) is 0 Å². The van der Waals surface area contributed by atoms with Crippen molar-refractivity contribution >= 4 is 28.8 Å². The molecule has 35 heavy (non-hydrogen) atoms. The van der Waals surface area contributed by atoms with Crippen LogP contribution in [0.5, 0.6) is 0 Å². The summed E-state index contributed by atoms with van der Waals surface area (Å²) in [6.45, 7) is 8.76.